The molecule has 0 amide bonds. The average Bonchev–Trinajstić information content (AvgIpc) is 2.20. The quantitative estimate of drug-likeness (QED) is 0.812. The lowest BCUT2D eigenvalue weighted by Crippen LogP contribution is -2.18. The van der Waals surface area contributed by atoms with Crippen molar-refractivity contribution in [3.05, 3.63) is 29.3 Å². The molecule has 0 radical (unpaired) electrons. The van der Waals surface area contributed by atoms with E-state index >= 15 is 0 Å². The lowest BCUT2D eigenvalue weighted by atomic mass is 10.0. The Morgan fingerprint density at radius 3 is 3.21 bits per heavy atom. The molecule has 0 bridgehead atoms. The summed E-state index contributed by atoms with van der Waals surface area (Å²) in [6.07, 6.45) is 0. The van der Waals surface area contributed by atoms with Crippen LogP contribution < -0.4 is 10.5 Å². The van der Waals surface area contributed by atoms with Gasteiger partial charge in [0, 0.05) is 17.5 Å². The molecule has 0 fully saturated rings. The molecule has 0 aliphatic carbocycles. The van der Waals surface area contributed by atoms with Crippen molar-refractivity contribution in [2.24, 2.45) is 5.73 Å². The number of thioether (sulfide) groups is 1. The van der Waals surface area contributed by atoms with E-state index in [0.29, 0.717) is 6.61 Å². The summed E-state index contributed by atoms with van der Waals surface area (Å²) in [5.41, 5.74) is 8.65. The molecular formula is C11H15NOS. The number of nitrogens with two attached hydrogens (primary N) is 1. The third kappa shape index (κ3) is 1.88. The van der Waals surface area contributed by atoms with E-state index in [0.717, 1.165) is 17.3 Å². The molecule has 0 aromatic heterocycles. The molecule has 2 nitrogen and oxygen atoms in total. The van der Waals surface area contributed by atoms with Crippen molar-refractivity contribution in [3.63, 3.8) is 0 Å². The third-order valence-corrected chi connectivity index (χ3v) is 3.49. The first-order valence-corrected chi connectivity index (χ1v) is 6.05. The van der Waals surface area contributed by atoms with Crippen molar-refractivity contribution in [1.82, 2.24) is 0 Å². The van der Waals surface area contributed by atoms with Crippen LogP contribution in [-0.4, -0.2) is 12.4 Å². The van der Waals surface area contributed by atoms with Gasteiger partial charge in [0.25, 0.3) is 0 Å². The van der Waals surface area contributed by atoms with Gasteiger partial charge in [0.15, 0.2) is 0 Å². The fourth-order valence-corrected chi connectivity index (χ4v) is 2.73. The summed E-state index contributed by atoms with van der Waals surface area (Å²) in [4.78, 5) is 0. The molecular weight excluding hydrogens is 194 g/mol. The van der Waals surface area contributed by atoms with E-state index in [9.17, 15) is 0 Å². The van der Waals surface area contributed by atoms with Gasteiger partial charge in [0.05, 0.1) is 6.61 Å². The van der Waals surface area contributed by atoms with Crippen LogP contribution in [0, 0.1) is 0 Å². The highest BCUT2D eigenvalue weighted by Crippen LogP contribution is 2.32. The molecule has 0 spiro atoms. The van der Waals surface area contributed by atoms with Crippen LogP contribution in [0.25, 0.3) is 0 Å². The molecule has 0 unspecified atom stereocenters. The van der Waals surface area contributed by atoms with Crippen LogP contribution in [0.3, 0.4) is 0 Å². The maximum Gasteiger partial charge on any atom is 0.119 e. The number of hydrogen-bond donors (Lipinski definition) is 1. The van der Waals surface area contributed by atoms with E-state index in [1.165, 1.54) is 11.1 Å². The van der Waals surface area contributed by atoms with Crippen LogP contribution in [0.1, 0.15) is 24.1 Å². The Morgan fingerprint density at radius 2 is 2.43 bits per heavy atom. The first kappa shape index (κ1) is 9.87. The molecule has 1 heterocycles. The van der Waals surface area contributed by atoms with E-state index in [1.54, 1.807) is 0 Å². The summed E-state index contributed by atoms with van der Waals surface area (Å²) in [7, 11) is 0. The van der Waals surface area contributed by atoms with E-state index in [-0.39, 0.29) is 6.04 Å². The average molecular weight is 209 g/mol. The molecule has 14 heavy (non-hydrogen) atoms. The fraction of sp³-hybridized carbons (Fsp3) is 0.455. The van der Waals surface area contributed by atoms with Crippen molar-refractivity contribution < 1.29 is 4.74 Å². The second-order valence-corrected chi connectivity index (χ2v) is 4.45. The first-order valence-electron chi connectivity index (χ1n) is 4.90. The van der Waals surface area contributed by atoms with Gasteiger partial charge < -0.3 is 10.5 Å². The minimum atomic E-state index is 0.171. The molecule has 1 aromatic rings. The van der Waals surface area contributed by atoms with Gasteiger partial charge >= 0.3 is 0 Å². The number of hydrogen-bond acceptors (Lipinski definition) is 3. The number of benzene rings is 1. The maximum atomic E-state index is 6.04. The molecule has 1 aliphatic heterocycles. The van der Waals surface area contributed by atoms with Crippen LogP contribution in [0.15, 0.2) is 18.2 Å². The smallest absolute Gasteiger partial charge is 0.119 e. The summed E-state index contributed by atoms with van der Waals surface area (Å²) in [6, 6.07) is 6.42. The van der Waals surface area contributed by atoms with Crippen molar-refractivity contribution in [2.75, 3.05) is 12.4 Å². The predicted octanol–water partition coefficient (Wildman–Crippen LogP) is 2.33. The number of ether oxygens (including phenoxy) is 1. The highest BCUT2D eigenvalue weighted by atomic mass is 32.2. The minimum Gasteiger partial charge on any atom is -0.494 e. The standard InChI is InChI=1S/C11H15NOS/c1-2-13-9-4-3-8-6-14-7-11(12)10(8)5-9/h3-5,11H,2,6-7,12H2,1H3/t11-/m1/s1. The van der Waals surface area contributed by atoms with Gasteiger partial charge in [-0.2, -0.15) is 11.8 Å². The largest absolute Gasteiger partial charge is 0.494 e. The SMILES string of the molecule is CCOc1ccc2c(c1)[C@H](N)CSC2. The van der Waals surface area contributed by atoms with Crippen molar-refractivity contribution in [1.29, 1.82) is 0 Å². The molecule has 2 rings (SSSR count). The molecule has 1 atom stereocenters. The van der Waals surface area contributed by atoms with Crippen LogP contribution in [0.5, 0.6) is 5.75 Å². The molecule has 3 heteroatoms. The van der Waals surface area contributed by atoms with Crippen molar-refractivity contribution in [3.8, 4) is 5.75 Å². The number of fused-ring (bicyclic) bond motifs is 1. The van der Waals surface area contributed by atoms with Crippen LogP contribution >= 0.6 is 11.8 Å². The van der Waals surface area contributed by atoms with Gasteiger partial charge in [-0.05, 0) is 30.2 Å². The first-order chi connectivity index (χ1) is 6.81. The summed E-state index contributed by atoms with van der Waals surface area (Å²) in [6.45, 7) is 2.71. The second kappa shape index (κ2) is 4.24. The third-order valence-electron chi connectivity index (χ3n) is 2.38. The van der Waals surface area contributed by atoms with Gasteiger partial charge in [0.2, 0.25) is 0 Å². The Hall–Kier alpha value is -0.670. The van der Waals surface area contributed by atoms with Crippen molar-refractivity contribution in [2.45, 2.75) is 18.7 Å². The second-order valence-electron chi connectivity index (χ2n) is 3.42. The zero-order chi connectivity index (χ0) is 9.97. The van der Waals surface area contributed by atoms with Gasteiger partial charge in [-0.1, -0.05) is 6.07 Å². The highest BCUT2D eigenvalue weighted by Gasteiger charge is 2.17. The van der Waals surface area contributed by atoms with Crippen LogP contribution in [0.4, 0.5) is 0 Å². The van der Waals surface area contributed by atoms with Gasteiger partial charge in [0.1, 0.15) is 5.75 Å². The summed E-state index contributed by atoms with van der Waals surface area (Å²) < 4.78 is 5.46. The predicted molar refractivity (Wildman–Crippen MR) is 60.7 cm³/mol. The van der Waals surface area contributed by atoms with Crippen molar-refractivity contribution >= 4 is 11.8 Å². The fourth-order valence-electron chi connectivity index (χ4n) is 1.69. The van der Waals surface area contributed by atoms with E-state index in [2.05, 4.69) is 12.1 Å². The lowest BCUT2D eigenvalue weighted by molar-refractivity contribution is 0.339. The molecule has 1 aromatic carbocycles. The zero-order valence-electron chi connectivity index (χ0n) is 8.32. The summed E-state index contributed by atoms with van der Waals surface area (Å²) >= 11 is 1.90. The van der Waals surface area contributed by atoms with Gasteiger partial charge in [-0.3, -0.25) is 0 Å². The van der Waals surface area contributed by atoms with Crippen LogP contribution in [0.2, 0.25) is 0 Å². The van der Waals surface area contributed by atoms with Gasteiger partial charge in [-0.25, -0.2) is 0 Å². The van der Waals surface area contributed by atoms with Crippen LogP contribution in [-0.2, 0) is 5.75 Å². The topological polar surface area (TPSA) is 35.2 Å². The number of rotatable bonds is 2. The van der Waals surface area contributed by atoms with E-state index < -0.39 is 0 Å². The normalized spacial score (nSPS) is 20.3. The summed E-state index contributed by atoms with van der Waals surface area (Å²) in [5, 5.41) is 0. The Labute approximate surface area is 88.8 Å². The summed E-state index contributed by atoms with van der Waals surface area (Å²) in [5.74, 6) is 3.03. The highest BCUT2D eigenvalue weighted by molar-refractivity contribution is 7.98. The van der Waals surface area contributed by atoms with Gasteiger partial charge in [-0.15, -0.1) is 0 Å². The molecule has 0 saturated heterocycles. The monoisotopic (exact) mass is 209 g/mol. The Kier molecular flexibility index (Phi) is 2.99. The Morgan fingerprint density at radius 1 is 1.57 bits per heavy atom. The molecule has 76 valence electrons. The maximum absolute atomic E-state index is 6.04. The zero-order valence-corrected chi connectivity index (χ0v) is 9.14. The molecule has 0 saturated carbocycles. The minimum absolute atomic E-state index is 0.171. The molecule has 2 N–H and O–H groups in total. The van der Waals surface area contributed by atoms with E-state index in [1.807, 2.05) is 24.8 Å². The Balaban J connectivity index is 2.31. The lowest BCUT2D eigenvalue weighted by Gasteiger charge is -2.22. The molecule has 1 aliphatic rings. The van der Waals surface area contributed by atoms with E-state index in [4.69, 9.17) is 10.5 Å². The Bertz CT molecular complexity index is 327.